The molecule has 0 aromatic carbocycles. The van der Waals surface area contributed by atoms with Crippen molar-refractivity contribution in [2.24, 2.45) is 11.8 Å². The Hall–Kier alpha value is -1.52. The second kappa shape index (κ2) is 8.05. The minimum atomic E-state index is -0.727. The summed E-state index contributed by atoms with van der Waals surface area (Å²) in [5, 5.41) is 14.9. The van der Waals surface area contributed by atoms with E-state index in [0.29, 0.717) is 13.1 Å². The quantitative estimate of drug-likeness (QED) is 0.659. The van der Waals surface area contributed by atoms with Crippen LogP contribution in [0.3, 0.4) is 0 Å². The van der Waals surface area contributed by atoms with Crippen molar-refractivity contribution in [1.82, 2.24) is 10.6 Å². The van der Waals surface area contributed by atoms with E-state index in [0.717, 1.165) is 38.5 Å². The van der Waals surface area contributed by atoms with Crippen molar-refractivity contribution in [3.05, 3.63) is 11.6 Å². The number of carboxylic acid groups (broad SMARTS) is 1. The third-order valence-electron chi connectivity index (χ3n) is 4.62. The van der Waals surface area contributed by atoms with E-state index in [4.69, 9.17) is 0 Å². The Morgan fingerprint density at radius 2 is 2.00 bits per heavy atom. The zero-order valence-electron chi connectivity index (χ0n) is 12.6. The highest BCUT2D eigenvalue weighted by Gasteiger charge is 2.30. The van der Waals surface area contributed by atoms with E-state index in [1.165, 1.54) is 18.4 Å². The molecule has 0 aromatic heterocycles. The van der Waals surface area contributed by atoms with E-state index in [1.54, 1.807) is 0 Å². The van der Waals surface area contributed by atoms with Gasteiger partial charge >= 0.3 is 12.0 Å². The summed E-state index contributed by atoms with van der Waals surface area (Å²) in [6, 6.07) is -0.177. The molecule has 2 amide bonds. The molecule has 2 aliphatic carbocycles. The van der Waals surface area contributed by atoms with Crippen LogP contribution in [0, 0.1) is 11.8 Å². The predicted molar refractivity (Wildman–Crippen MR) is 81.0 cm³/mol. The lowest BCUT2D eigenvalue weighted by Crippen LogP contribution is -2.42. The Morgan fingerprint density at radius 3 is 2.71 bits per heavy atom. The van der Waals surface area contributed by atoms with Crippen LogP contribution in [0.1, 0.15) is 51.4 Å². The minimum Gasteiger partial charge on any atom is -0.481 e. The van der Waals surface area contributed by atoms with Crippen molar-refractivity contribution in [2.75, 3.05) is 13.1 Å². The molecular weight excluding hydrogens is 268 g/mol. The van der Waals surface area contributed by atoms with Crippen molar-refractivity contribution >= 4 is 12.0 Å². The largest absolute Gasteiger partial charge is 0.481 e. The third-order valence-corrected chi connectivity index (χ3v) is 4.62. The van der Waals surface area contributed by atoms with E-state index in [1.807, 2.05) is 0 Å². The number of carbonyl (C=O) groups excluding carboxylic acids is 1. The van der Waals surface area contributed by atoms with E-state index in [2.05, 4.69) is 16.7 Å². The maximum absolute atomic E-state index is 11.7. The summed E-state index contributed by atoms with van der Waals surface area (Å²) < 4.78 is 0. The molecule has 0 saturated heterocycles. The summed E-state index contributed by atoms with van der Waals surface area (Å²) in [6.07, 6.45) is 10.4. The Bertz CT molecular complexity index is 406. The summed E-state index contributed by atoms with van der Waals surface area (Å²) >= 11 is 0. The monoisotopic (exact) mass is 294 g/mol. The van der Waals surface area contributed by atoms with E-state index in [-0.39, 0.29) is 17.9 Å². The number of urea groups is 1. The van der Waals surface area contributed by atoms with Gasteiger partial charge in [0.15, 0.2) is 0 Å². The van der Waals surface area contributed by atoms with Gasteiger partial charge < -0.3 is 15.7 Å². The summed E-state index contributed by atoms with van der Waals surface area (Å²) in [5.41, 5.74) is 1.44. The van der Waals surface area contributed by atoms with Crippen molar-refractivity contribution in [3.8, 4) is 0 Å². The molecule has 5 heteroatoms. The number of carbonyl (C=O) groups is 2. The molecule has 2 rings (SSSR count). The smallest absolute Gasteiger partial charge is 0.314 e. The van der Waals surface area contributed by atoms with E-state index < -0.39 is 5.97 Å². The number of hydrogen-bond acceptors (Lipinski definition) is 2. The van der Waals surface area contributed by atoms with Crippen LogP contribution >= 0.6 is 0 Å². The lowest BCUT2D eigenvalue weighted by molar-refractivity contribution is -0.144. The van der Waals surface area contributed by atoms with Gasteiger partial charge in [0.05, 0.1) is 5.92 Å². The number of rotatable bonds is 6. The van der Waals surface area contributed by atoms with Crippen LogP contribution in [-0.4, -0.2) is 30.2 Å². The van der Waals surface area contributed by atoms with Crippen LogP contribution < -0.4 is 10.6 Å². The SMILES string of the molecule is O=C(NCCC1=CCCC1)NCC1CCCCC1C(=O)O. The van der Waals surface area contributed by atoms with Crippen molar-refractivity contribution in [3.63, 3.8) is 0 Å². The topological polar surface area (TPSA) is 78.4 Å². The molecule has 2 unspecified atom stereocenters. The Kier molecular flexibility index (Phi) is 6.08. The summed E-state index contributed by atoms with van der Waals surface area (Å²) in [6.45, 7) is 1.12. The highest BCUT2D eigenvalue weighted by molar-refractivity contribution is 5.74. The zero-order valence-corrected chi connectivity index (χ0v) is 12.6. The van der Waals surface area contributed by atoms with Crippen LogP contribution in [-0.2, 0) is 4.79 Å². The number of allylic oxidation sites excluding steroid dienone is 1. The van der Waals surface area contributed by atoms with Gasteiger partial charge in [0.1, 0.15) is 0 Å². The Morgan fingerprint density at radius 1 is 1.19 bits per heavy atom. The maximum Gasteiger partial charge on any atom is 0.314 e. The molecule has 3 N–H and O–H groups in total. The van der Waals surface area contributed by atoms with Crippen LogP contribution in [0.15, 0.2) is 11.6 Å². The molecule has 21 heavy (non-hydrogen) atoms. The summed E-state index contributed by atoms with van der Waals surface area (Å²) in [4.78, 5) is 22.9. The molecule has 0 radical (unpaired) electrons. The maximum atomic E-state index is 11.7. The molecule has 0 spiro atoms. The van der Waals surface area contributed by atoms with Gasteiger partial charge in [-0.05, 0) is 44.4 Å². The van der Waals surface area contributed by atoms with Gasteiger partial charge in [-0.15, -0.1) is 0 Å². The molecule has 1 fully saturated rings. The standard InChI is InChI=1S/C16H26N2O3/c19-15(20)14-8-4-3-7-13(14)11-18-16(21)17-10-9-12-5-1-2-6-12/h5,13-14H,1-4,6-11H2,(H,19,20)(H2,17,18,21). The summed E-state index contributed by atoms with van der Waals surface area (Å²) in [5.74, 6) is -0.961. The fourth-order valence-electron chi connectivity index (χ4n) is 3.36. The van der Waals surface area contributed by atoms with Gasteiger partial charge in [0.2, 0.25) is 0 Å². The average Bonchev–Trinajstić information content (AvgIpc) is 2.98. The molecule has 0 aromatic rings. The first-order chi connectivity index (χ1) is 10.2. The van der Waals surface area contributed by atoms with Gasteiger partial charge in [-0.3, -0.25) is 4.79 Å². The normalized spacial score (nSPS) is 25.2. The molecule has 2 atom stereocenters. The van der Waals surface area contributed by atoms with Crippen LogP contribution in [0.4, 0.5) is 4.79 Å². The number of nitrogens with one attached hydrogen (secondary N) is 2. The minimum absolute atomic E-state index is 0.0690. The molecule has 2 aliphatic rings. The third kappa shape index (κ3) is 5.06. The van der Waals surface area contributed by atoms with Gasteiger partial charge in [-0.25, -0.2) is 4.79 Å². The molecule has 1 saturated carbocycles. The average molecular weight is 294 g/mol. The predicted octanol–water partition coefficient (Wildman–Crippen LogP) is 2.68. The molecular formula is C16H26N2O3. The Balaban J connectivity index is 1.64. The van der Waals surface area contributed by atoms with Crippen LogP contribution in [0.5, 0.6) is 0 Å². The van der Waals surface area contributed by atoms with Gasteiger partial charge in [-0.1, -0.05) is 24.5 Å². The zero-order chi connectivity index (χ0) is 15.1. The highest BCUT2D eigenvalue weighted by Crippen LogP contribution is 2.29. The second-order valence-electron chi connectivity index (χ2n) is 6.13. The Labute approximate surface area is 126 Å². The van der Waals surface area contributed by atoms with Gasteiger partial charge in [0, 0.05) is 13.1 Å². The van der Waals surface area contributed by atoms with Crippen molar-refractivity contribution in [1.29, 1.82) is 0 Å². The van der Waals surface area contributed by atoms with E-state index >= 15 is 0 Å². The van der Waals surface area contributed by atoms with Crippen LogP contribution in [0.2, 0.25) is 0 Å². The van der Waals surface area contributed by atoms with Crippen molar-refractivity contribution < 1.29 is 14.7 Å². The lowest BCUT2D eigenvalue weighted by atomic mass is 9.79. The molecule has 0 bridgehead atoms. The first-order valence-corrected chi connectivity index (χ1v) is 8.09. The second-order valence-corrected chi connectivity index (χ2v) is 6.13. The number of amides is 2. The summed E-state index contributed by atoms with van der Waals surface area (Å²) in [7, 11) is 0. The molecule has 0 heterocycles. The first-order valence-electron chi connectivity index (χ1n) is 8.09. The molecule has 0 aliphatic heterocycles. The molecule has 118 valence electrons. The van der Waals surface area contributed by atoms with Gasteiger partial charge in [-0.2, -0.15) is 0 Å². The number of hydrogen-bond donors (Lipinski definition) is 3. The lowest BCUT2D eigenvalue weighted by Gasteiger charge is -2.28. The molecule has 5 nitrogen and oxygen atoms in total. The highest BCUT2D eigenvalue weighted by atomic mass is 16.4. The van der Waals surface area contributed by atoms with Crippen LogP contribution in [0.25, 0.3) is 0 Å². The van der Waals surface area contributed by atoms with Crippen molar-refractivity contribution in [2.45, 2.75) is 51.4 Å². The fraction of sp³-hybridized carbons (Fsp3) is 0.750. The fourth-order valence-corrected chi connectivity index (χ4v) is 3.36. The number of aliphatic carboxylic acids is 1. The number of carboxylic acids is 1. The van der Waals surface area contributed by atoms with E-state index in [9.17, 15) is 14.7 Å². The van der Waals surface area contributed by atoms with Gasteiger partial charge in [0.25, 0.3) is 0 Å². The first kappa shape index (κ1) is 15.9.